The van der Waals surface area contributed by atoms with Gasteiger partial charge < -0.3 is 9.73 Å². The van der Waals surface area contributed by atoms with Gasteiger partial charge in [0.15, 0.2) is 4.67 Å². The van der Waals surface area contributed by atoms with Crippen LogP contribution in [0.1, 0.15) is 18.7 Å². The largest absolute Gasteiger partial charge is 0.452 e. The lowest BCUT2D eigenvalue weighted by Gasteiger charge is -2.13. The average molecular weight is 318 g/mol. The van der Waals surface area contributed by atoms with Crippen LogP contribution in [0.25, 0.3) is 11.0 Å². The molecule has 0 saturated heterocycles. The lowest BCUT2D eigenvalue weighted by molar-refractivity contribution is 0.471. The van der Waals surface area contributed by atoms with Crippen LogP contribution in [0.4, 0.5) is 5.69 Å². The van der Waals surface area contributed by atoms with Gasteiger partial charge in [0, 0.05) is 18.1 Å². The van der Waals surface area contributed by atoms with Crippen LogP contribution in [-0.4, -0.2) is 9.97 Å². The molecule has 0 aliphatic heterocycles. The summed E-state index contributed by atoms with van der Waals surface area (Å²) in [6.07, 6.45) is 3.39. The van der Waals surface area contributed by atoms with Gasteiger partial charge in [-0.25, -0.2) is 0 Å². The molecule has 0 radical (unpaired) electrons. The molecule has 4 nitrogen and oxygen atoms in total. The molecule has 1 unspecified atom stereocenters. The van der Waals surface area contributed by atoms with Crippen molar-refractivity contribution in [2.24, 2.45) is 0 Å². The SMILES string of the molecule is CC(Nc1ccc2nccnc2c1)c1ccc(Br)o1. The Bertz CT molecular complexity index is 710. The number of fused-ring (bicyclic) bond motifs is 1. The van der Waals surface area contributed by atoms with Crippen molar-refractivity contribution >= 4 is 32.7 Å². The summed E-state index contributed by atoms with van der Waals surface area (Å²) >= 11 is 3.31. The molecule has 0 saturated carbocycles. The number of nitrogens with zero attached hydrogens (tertiary/aromatic N) is 2. The van der Waals surface area contributed by atoms with Crippen LogP contribution in [0.15, 0.2) is 51.8 Å². The van der Waals surface area contributed by atoms with E-state index in [1.165, 1.54) is 0 Å². The highest BCUT2D eigenvalue weighted by molar-refractivity contribution is 9.10. The number of anilines is 1. The number of hydrogen-bond acceptors (Lipinski definition) is 4. The number of nitrogens with one attached hydrogen (secondary N) is 1. The van der Waals surface area contributed by atoms with Crippen LogP contribution in [0.5, 0.6) is 0 Å². The number of halogens is 1. The maximum Gasteiger partial charge on any atom is 0.169 e. The van der Waals surface area contributed by atoms with E-state index in [0.29, 0.717) is 0 Å². The Labute approximate surface area is 119 Å². The molecule has 0 spiro atoms. The second kappa shape index (κ2) is 5.01. The van der Waals surface area contributed by atoms with E-state index >= 15 is 0 Å². The van der Waals surface area contributed by atoms with Crippen molar-refractivity contribution in [3.8, 4) is 0 Å². The molecule has 2 heterocycles. The Kier molecular flexibility index (Phi) is 3.21. The predicted molar refractivity (Wildman–Crippen MR) is 78.0 cm³/mol. The third-order valence-electron chi connectivity index (χ3n) is 2.87. The monoisotopic (exact) mass is 317 g/mol. The van der Waals surface area contributed by atoms with E-state index in [2.05, 4.69) is 31.2 Å². The van der Waals surface area contributed by atoms with E-state index in [0.717, 1.165) is 27.2 Å². The zero-order chi connectivity index (χ0) is 13.2. The minimum atomic E-state index is 0.0837. The van der Waals surface area contributed by atoms with Crippen molar-refractivity contribution in [2.75, 3.05) is 5.32 Å². The fraction of sp³-hybridized carbons (Fsp3) is 0.143. The highest BCUT2D eigenvalue weighted by Gasteiger charge is 2.10. The molecule has 19 heavy (non-hydrogen) atoms. The summed E-state index contributed by atoms with van der Waals surface area (Å²) in [6.45, 7) is 2.05. The number of benzene rings is 1. The maximum atomic E-state index is 5.53. The molecule has 3 aromatic rings. The summed E-state index contributed by atoms with van der Waals surface area (Å²) in [5, 5.41) is 3.38. The van der Waals surface area contributed by atoms with E-state index < -0.39 is 0 Å². The fourth-order valence-electron chi connectivity index (χ4n) is 1.94. The van der Waals surface area contributed by atoms with Gasteiger partial charge in [0.1, 0.15) is 5.76 Å². The zero-order valence-electron chi connectivity index (χ0n) is 10.3. The fourth-order valence-corrected chi connectivity index (χ4v) is 2.25. The van der Waals surface area contributed by atoms with Gasteiger partial charge >= 0.3 is 0 Å². The average Bonchev–Trinajstić information content (AvgIpc) is 2.85. The molecular formula is C14H12BrN3O. The second-order valence-corrected chi connectivity index (χ2v) is 5.05. The second-order valence-electron chi connectivity index (χ2n) is 4.27. The first-order valence-electron chi connectivity index (χ1n) is 5.95. The van der Waals surface area contributed by atoms with Gasteiger partial charge in [-0.1, -0.05) is 0 Å². The summed E-state index contributed by atoms with van der Waals surface area (Å²) < 4.78 is 6.27. The van der Waals surface area contributed by atoms with Crippen LogP contribution in [-0.2, 0) is 0 Å². The van der Waals surface area contributed by atoms with Gasteiger partial charge in [0.05, 0.1) is 17.1 Å². The van der Waals surface area contributed by atoms with Crippen molar-refractivity contribution in [3.05, 3.63) is 53.2 Å². The third-order valence-corrected chi connectivity index (χ3v) is 3.30. The molecular weight excluding hydrogens is 306 g/mol. The molecule has 0 aliphatic rings. The highest BCUT2D eigenvalue weighted by Crippen LogP contribution is 2.24. The normalized spacial score (nSPS) is 12.5. The standard InChI is InChI=1S/C14H12BrN3O/c1-9(13-4-5-14(15)19-13)18-10-2-3-11-12(8-10)17-7-6-16-11/h2-9,18H,1H3. The lowest BCUT2D eigenvalue weighted by Crippen LogP contribution is -2.05. The Morgan fingerprint density at radius 2 is 1.89 bits per heavy atom. The number of furan rings is 1. The number of hydrogen-bond donors (Lipinski definition) is 1. The Balaban J connectivity index is 1.84. The summed E-state index contributed by atoms with van der Waals surface area (Å²) in [6, 6.07) is 9.85. The third kappa shape index (κ3) is 2.61. The Hall–Kier alpha value is -1.88. The van der Waals surface area contributed by atoms with Gasteiger partial charge in [0.25, 0.3) is 0 Å². The minimum absolute atomic E-state index is 0.0837. The number of rotatable bonds is 3. The molecule has 0 amide bonds. The van der Waals surface area contributed by atoms with Gasteiger partial charge in [-0.15, -0.1) is 0 Å². The van der Waals surface area contributed by atoms with Crippen molar-refractivity contribution in [1.29, 1.82) is 0 Å². The van der Waals surface area contributed by atoms with Gasteiger partial charge in [0.2, 0.25) is 0 Å². The van der Waals surface area contributed by atoms with Crippen molar-refractivity contribution in [1.82, 2.24) is 9.97 Å². The van der Waals surface area contributed by atoms with E-state index in [-0.39, 0.29) is 6.04 Å². The topological polar surface area (TPSA) is 51.0 Å². The van der Waals surface area contributed by atoms with E-state index in [1.807, 2.05) is 37.3 Å². The minimum Gasteiger partial charge on any atom is -0.452 e. The Morgan fingerprint density at radius 3 is 2.63 bits per heavy atom. The molecule has 0 fully saturated rings. The van der Waals surface area contributed by atoms with Crippen molar-refractivity contribution in [3.63, 3.8) is 0 Å². The Morgan fingerprint density at radius 1 is 1.11 bits per heavy atom. The smallest absolute Gasteiger partial charge is 0.169 e. The van der Waals surface area contributed by atoms with Crippen LogP contribution in [0.2, 0.25) is 0 Å². The first kappa shape index (κ1) is 12.2. The van der Waals surface area contributed by atoms with Gasteiger partial charge in [-0.3, -0.25) is 9.97 Å². The summed E-state index contributed by atoms with van der Waals surface area (Å²) in [7, 11) is 0. The maximum absolute atomic E-state index is 5.53. The summed E-state index contributed by atoms with van der Waals surface area (Å²) in [4.78, 5) is 8.54. The molecule has 1 N–H and O–H groups in total. The number of aromatic nitrogens is 2. The highest BCUT2D eigenvalue weighted by atomic mass is 79.9. The van der Waals surface area contributed by atoms with Crippen molar-refractivity contribution < 1.29 is 4.42 Å². The van der Waals surface area contributed by atoms with Gasteiger partial charge in [-0.2, -0.15) is 0 Å². The molecule has 0 bridgehead atoms. The molecule has 1 aromatic carbocycles. The molecule has 96 valence electrons. The molecule has 5 heteroatoms. The quantitative estimate of drug-likeness (QED) is 0.788. The predicted octanol–water partition coefficient (Wildman–Crippen LogP) is 4.16. The molecule has 3 rings (SSSR count). The summed E-state index contributed by atoms with van der Waals surface area (Å²) in [5.74, 6) is 0.881. The lowest BCUT2D eigenvalue weighted by atomic mass is 10.2. The van der Waals surface area contributed by atoms with E-state index in [4.69, 9.17) is 4.42 Å². The molecule has 2 aromatic heterocycles. The van der Waals surface area contributed by atoms with Crippen LogP contribution in [0, 0.1) is 0 Å². The van der Waals surface area contributed by atoms with E-state index in [1.54, 1.807) is 12.4 Å². The zero-order valence-corrected chi connectivity index (χ0v) is 11.9. The summed E-state index contributed by atoms with van der Waals surface area (Å²) in [5.41, 5.74) is 2.76. The van der Waals surface area contributed by atoms with Crippen LogP contribution >= 0.6 is 15.9 Å². The first-order chi connectivity index (χ1) is 9.22. The van der Waals surface area contributed by atoms with Crippen molar-refractivity contribution in [2.45, 2.75) is 13.0 Å². The first-order valence-corrected chi connectivity index (χ1v) is 6.74. The van der Waals surface area contributed by atoms with Crippen LogP contribution in [0.3, 0.4) is 0 Å². The molecule has 0 aliphatic carbocycles. The van der Waals surface area contributed by atoms with E-state index in [9.17, 15) is 0 Å². The van der Waals surface area contributed by atoms with Gasteiger partial charge in [-0.05, 0) is 53.2 Å². The van der Waals surface area contributed by atoms with Crippen LogP contribution < -0.4 is 5.32 Å². The molecule has 1 atom stereocenters.